The Morgan fingerprint density at radius 2 is 1.94 bits per heavy atom. The lowest BCUT2D eigenvalue weighted by Crippen LogP contribution is -2.22. The van der Waals surface area contributed by atoms with Crippen molar-refractivity contribution < 1.29 is 19.2 Å². The number of pyridine rings is 1. The first-order valence-corrected chi connectivity index (χ1v) is 14.2. The molecule has 2 heterocycles. The van der Waals surface area contributed by atoms with Gasteiger partial charge in [-0.2, -0.15) is 0 Å². The van der Waals surface area contributed by atoms with Gasteiger partial charge in [-0.05, 0) is 29.3 Å². The Morgan fingerprint density at radius 1 is 1.25 bits per heavy atom. The van der Waals surface area contributed by atoms with Crippen molar-refractivity contribution in [2.45, 2.75) is 38.3 Å². The largest absolute Gasteiger partial charge is 0.468 e. The molecular formula is C22H26ClN3O5Si. The fourth-order valence-electron chi connectivity index (χ4n) is 3.39. The number of nitro benzene ring substituents is 1. The maximum absolute atomic E-state index is 12.8. The molecule has 1 unspecified atom stereocenters. The molecule has 0 spiro atoms. The molecule has 0 aliphatic carbocycles. The van der Waals surface area contributed by atoms with Gasteiger partial charge in [0, 0.05) is 38.4 Å². The van der Waals surface area contributed by atoms with Gasteiger partial charge in [0.1, 0.15) is 23.4 Å². The van der Waals surface area contributed by atoms with Crippen LogP contribution in [0.2, 0.25) is 30.8 Å². The van der Waals surface area contributed by atoms with Crippen LogP contribution in [0.3, 0.4) is 0 Å². The Bertz CT molecular complexity index is 1130. The first-order chi connectivity index (χ1) is 15.1. The number of halogens is 1. The van der Waals surface area contributed by atoms with Crippen molar-refractivity contribution in [2.75, 3.05) is 13.7 Å². The summed E-state index contributed by atoms with van der Waals surface area (Å²) in [6.07, 6.45) is 1.84. The maximum atomic E-state index is 12.8. The van der Waals surface area contributed by atoms with E-state index < -0.39 is 24.9 Å². The van der Waals surface area contributed by atoms with Crippen molar-refractivity contribution in [3.63, 3.8) is 0 Å². The standard InChI is InChI=1S/C22H26ClN3O5Si/c1-30-22(27)20(15-5-7-16(8-6-15)26(28)29)18-13-19(23)24-21-17(18)9-10-25(21)14-31-11-12-32(2,3)4/h5-10,13,20H,11-12,14H2,1-4H3. The summed E-state index contributed by atoms with van der Waals surface area (Å²) >= 11 is 6.32. The highest BCUT2D eigenvalue weighted by Crippen LogP contribution is 2.34. The predicted molar refractivity (Wildman–Crippen MR) is 126 cm³/mol. The van der Waals surface area contributed by atoms with E-state index in [9.17, 15) is 14.9 Å². The second kappa shape index (κ2) is 9.80. The summed E-state index contributed by atoms with van der Waals surface area (Å²) < 4.78 is 12.7. The number of carbonyl (C=O) groups is 1. The average Bonchev–Trinajstić information content (AvgIpc) is 3.13. The van der Waals surface area contributed by atoms with E-state index in [0.717, 1.165) is 11.4 Å². The third-order valence-corrected chi connectivity index (χ3v) is 7.04. The monoisotopic (exact) mass is 475 g/mol. The fourth-order valence-corrected chi connectivity index (χ4v) is 4.34. The van der Waals surface area contributed by atoms with Crippen LogP contribution in [0.15, 0.2) is 42.6 Å². The van der Waals surface area contributed by atoms with Crippen molar-refractivity contribution >= 4 is 42.4 Å². The van der Waals surface area contributed by atoms with Crippen LogP contribution in [-0.2, 0) is 21.0 Å². The smallest absolute Gasteiger partial charge is 0.317 e. The Morgan fingerprint density at radius 3 is 2.53 bits per heavy atom. The molecule has 3 rings (SSSR count). The SMILES string of the molecule is COC(=O)C(c1ccc([N+](=O)[O-])cc1)c1cc(Cl)nc2c1ccn2COCC[Si](C)(C)C. The molecule has 32 heavy (non-hydrogen) atoms. The van der Waals surface area contributed by atoms with Crippen LogP contribution in [0.5, 0.6) is 0 Å². The summed E-state index contributed by atoms with van der Waals surface area (Å²) in [5.41, 5.74) is 1.71. The predicted octanol–water partition coefficient (Wildman–Crippen LogP) is 5.22. The first-order valence-electron chi connectivity index (χ1n) is 10.2. The molecule has 0 fully saturated rings. The van der Waals surface area contributed by atoms with E-state index in [1.807, 2.05) is 16.8 Å². The minimum atomic E-state index is -1.20. The van der Waals surface area contributed by atoms with E-state index in [1.165, 1.54) is 19.2 Å². The van der Waals surface area contributed by atoms with Gasteiger partial charge in [-0.15, -0.1) is 0 Å². The summed E-state index contributed by atoms with van der Waals surface area (Å²) in [5, 5.41) is 12.0. The summed E-state index contributed by atoms with van der Waals surface area (Å²) in [6.45, 7) is 7.86. The number of nitrogens with zero attached hydrogens (tertiary/aromatic N) is 3. The van der Waals surface area contributed by atoms with E-state index in [0.29, 0.717) is 30.1 Å². The lowest BCUT2D eigenvalue weighted by Gasteiger charge is -2.17. The number of rotatable bonds is 9. The molecule has 0 radical (unpaired) electrons. The Labute approximate surface area is 192 Å². The number of ether oxygens (including phenoxy) is 2. The van der Waals surface area contributed by atoms with Crippen LogP contribution in [-0.4, -0.2) is 42.2 Å². The second-order valence-corrected chi connectivity index (χ2v) is 14.7. The minimum Gasteiger partial charge on any atom is -0.468 e. The lowest BCUT2D eigenvalue weighted by molar-refractivity contribution is -0.384. The summed E-state index contributed by atoms with van der Waals surface area (Å²) in [7, 11) is 0.108. The second-order valence-electron chi connectivity index (χ2n) is 8.71. The van der Waals surface area contributed by atoms with Crippen molar-refractivity contribution in [3.05, 3.63) is 69.0 Å². The highest BCUT2D eigenvalue weighted by molar-refractivity contribution is 6.76. The van der Waals surface area contributed by atoms with Crippen molar-refractivity contribution in [1.29, 1.82) is 0 Å². The zero-order valence-corrected chi connectivity index (χ0v) is 20.3. The quantitative estimate of drug-likeness (QED) is 0.105. The van der Waals surface area contributed by atoms with Crippen LogP contribution >= 0.6 is 11.6 Å². The van der Waals surface area contributed by atoms with E-state index in [1.54, 1.807) is 18.2 Å². The molecule has 10 heteroatoms. The van der Waals surface area contributed by atoms with Gasteiger partial charge < -0.3 is 14.0 Å². The number of esters is 1. The number of carbonyl (C=O) groups excluding carboxylic acids is 1. The Balaban J connectivity index is 1.98. The van der Waals surface area contributed by atoms with Gasteiger partial charge in [0.05, 0.1) is 12.0 Å². The van der Waals surface area contributed by atoms with E-state index in [4.69, 9.17) is 21.1 Å². The summed E-state index contributed by atoms with van der Waals surface area (Å²) in [6, 6.07) is 10.4. The Kier molecular flexibility index (Phi) is 7.32. The lowest BCUT2D eigenvalue weighted by atomic mass is 9.90. The molecule has 1 aromatic carbocycles. The zero-order chi connectivity index (χ0) is 23.5. The normalized spacial score (nSPS) is 12.7. The van der Waals surface area contributed by atoms with Crippen molar-refractivity contribution in [1.82, 2.24) is 9.55 Å². The number of hydrogen-bond donors (Lipinski definition) is 0. The van der Waals surface area contributed by atoms with Gasteiger partial charge in [0.2, 0.25) is 0 Å². The number of benzene rings is 1. The van der Waals surface area contributed by atoms with Crippen molar-refractivity contribution in [2.24, 2.45) is 0 Å². The molecule has 1 atom stereocenters. The average molecular weight is 476 g/mol. The minimum absolute atomic E-state index is 0.0584. The van der Waals surface area contributed by atoms with E-state index in [-0.39, 0.29) is 10.8 Å². The molecule has 3 aromatic rings. The fraction of sp³-hybridized carbons (Fsp3) is 0.364. The molecule has 2 aromatic heterocycles. The van der Waals surface area contributed by atoms with Crippen LogP contribution in [0.25, 0.3) is 11.0 Å². The molecule has 0 amide bonds. The Hall–Kier alpha value is -2.75. The molecule has 0 saturated heterocycles. The molecule has 0 aliphatic rings. The van der Waals surface area contributed by atoms with Gasteiger partial charge in [-0.3, -0.25) is 14.9 Å². The number of non-ortho nitro benzene ring substituents is 1. The zero-order valence-electron chi connectivity index (χ0n) is 18.5. The topological polar surface area (TPSA) is 96.5 Å². The molecule has 170 valence electrons. The number of aromatic nitrogens is 2. The molecule has 0 aliphatic heterocycles. The molecule has 0 N–H and O–H groups in total. The van der Waals surface area contributed by atoms with Gasteiger partial charge in [0.15, 0.2) is 0 Å². The van der Waals surface area contributed by atoms with Crippen LogP contribution in [0, 0.1) is 10.1 Å². The van der Waals surface area contributed by atoms with Crippen LogP contribution in [0.4, 0.5) is 5.69 Å². The third-order valence-electron chi connectivity index (χ3n) is 5.14. The highest BCUT2D eigenvalue weighted by Gasteiger charge is 2.28. The molecule has 8 nitrogen and oxygen atoms in total. The van der Waals surface area contributed by atoms with Gasteiger partial charge in [-0.25, -0.2) is 4.98 Å². The number of methoxy groups -OCH3 is 1. The number of nitro groups is 1. The van der Waals surface area contributed by atoms with Crippen LogP contribution in [0.1, 0.15) is 17.0 Å². The van der Waals surface area contributed by atoms with E-state index >= 15 is 0 Å². The maximum Gasteiger partial charge on any atom is 0.317 e. The first kappa shape index (κ1) is 23.9. The van der Waals surface area contributed by atoms with Crippen molar-refractivity contribution in [3.8, 4) is 0 Å². The van der Waals surface area contributed by atoms with E-state index in [2.05, 4.69) is 24.6 Å². The molecule has 0 saturated carbocycles. The third kappa shape index (κ3) is 5.53. The molecule has 0 bridgehead atoms. The molecular weight excluding hydrogens is 450 g/mol. The number of hydrogen-bond acceptors (Lipinski definition) is 6. The number of fused-ring (bicyclic) bond motifs is 1. The van der Waals surface area contributed by atoms with Gasteiger partial charge in [0.25, 0.3) is 5.69 Å². The summed E-state index contributed by atoms with van der Waals surface area (Å²) in [5.74, 6) is -1.31. The van der Waals surface area contributed by atoms with Gasteiger partial charge >= 0.3 is 5.97 Å². The highest BCUT2D eigenvalue weighted by atomic mass is 35.5. The van der Waals surface area contributed by atoms with Gasteiger partial charge in [-0.1, -0.05) is 43.4 Å². The summed E-state index contributed by atoms with van der Waals surface area (Å²) in [4.78, 5) is 27.7. The van der Waals surface area contributed by atoms with Crippen LogP contribution < -0.4 is 0 Å².